The van der Waals surface area contributed by atoms with Crippen LogP contribution >= 0.6 is 0 Å². The lowest BCUT2D eigenvalue weighted by Gasteiger charge is -2.37. The van der Waals surface area contributed by atoms with E-state index >= 15 is 0 Å². The molecule has 3 aliphatic heterocycles. The summed E-state index contributed by atoms with van der Waals surface area (Å²) in [6, 6.07) is 117. The van der Waals surface area contributed by atoms with Gasteiger partial charge >= 0.3 is 0 Å². The number of benzene rings is 12. The quantitative estimate of drug-likeness (QED) is 0.0884. The molecule has 0 saturated carbocycles. The number of para-hydroxylation sites is 1. The molecule has 0 radical (unpaired) electrons. The first-order valence-corrected chi connectivity index (χ1v) is 32.2. The molecule has 16 rings (SSSR count). The Morgan fingerprint density at radius 3 is 1.35 bits per heavy atom. The van der Waals surface area contributed by atoms with Gasteiger partial charge in [-0.05, 0) is 111 Å². The summed E-state index contributed by atoms with van der Waals surface area (Å²) in [4.78, 5) is 28.3. The lowest BCUT2D eigenvalue weighted by molar-refractivity contribution is -0.563. The Morgan fingerprint density at radius 2 is 0.737 bits per heavy atom. The van der Waals surface area contributed by atoms with E-state index in [0.717, 1.165) is 124 Å². The number of rotatable bonds is 15. The molecule has 4 atom stereocenters. The molecule has 0 spiro atoms. The van der Waals surface area contributed by atoms with E-state index in [-0.39, 0.29) is 24.7 Å². The van der Waals surface area contributed by atoms with Gasteiger partial charge in [0.15, 0.2) is 11.7 Å². The van der Waals surface area contributed by atoms with Crippen molar-refractivity contribution in [2.45, 2.75) is 24.7 Å². The molecule has 0 saturated heterocycles. The number of aliphatic imine (C=N–C) groups is 3. The van der Waals surface area contributed by atoms with Crippen LogP contribution in [0, 0.1) is 0 Å². The number of hydrogen-bond donors (Lipinski definition) is 3. The summed E-state index contributed by atoms with van der Waals surface area (Å²) < 4.78 is 2.46. The summed E-state index contributed by atoms with van der Waals surface area (Å²) in [6.45, 7) is 0. The van der Waals surface area contributed by atoms with Gasteiger partial charge in [0.05, 0.1) is 24.0 Å². The fourth-order valence-corrected chi connectivity index (χ4v) is 13.1. The monoisotopic (exact) mass is 1230 g/mol. The third-order valence-corrected chi connectivity index (χ3v) is 17.9. The summed E-state index contributed by atoms with van der Waals surface area (Å²) in [5.74, 6) is 4.11. The van der Waals surface area contributed by atoms with Gasteiger partial charge in [-0.1, -0.05) is 273 Å². The molecule has 13 aromatic rings. The molecular formula is C85H65N10+. The maximum absolute atomic E-state index is 5.50. The van der Waals surface area contributed by atoms with Crippen LogP contribution in [-0.4, -0.2) is 49.8 Å². The third-order valence-electron chi connectivity index (χ3n) is 17.9. The Hall–Kier alpha value is -12.2. The third kappa shape index (κ3) is 12.1. The van der Waals surface area contributed by atoms with Gasteiger partial charge in [-0.2, -0.15) is 4.58 Å². The molecule has 0 aliphatic carbocycles. The van der Waals surface area contributed by atoms with Gasteiger partial charge in [-0.3, -0.25) is 5.32 Å². The van der Waals surface area contributed by atoms with Gasteiger partial charge in [0.25, 0.3) is 12.0 Å². The molecule has 95 heavy (non-hydrogen) atoms. The lowest BCUT2D eigenvalue weighted by atomic mass is 9.95. The predicted octanol–water partition coefficient (Wildman–Crippen LogP) is 18.0. The molecule has 12 aromatic carbocycles. The standard InChI is InChI=1S/C85H65N10/c1-94-84(72-46-24-40-66(54-72)64-38-22-43-69(52-64)81-89-78(59-30-12-4-13-31-59)88-79(90-81)60-32-14-5-15-33-60)95(74-48-18-7-19-49-74)85(94)73-47-25-41-67(55-73)65-39-23-45-71(53-65)83-92-80(61-34-16-6-17-35-61)91-82(93-83)70-44-21-37-63(51-70)62-36-20-42-68(50-62)76-56-75(57-26-8-2-9-27-57)86-77(87-76)58-28-10-3-11-29-58/h2-56,80-82,85,91H,1H3,(H,92,93)(H,88,89,90)/q+1. The molecule has 0 amide bonds. The Labute approximate surface area is 553 Å². The van der Waals surface area contributed by atoms with E-state index in [1.165, 1.54) is 5.56 Å². The van der Waals surface area contributed by atoms with Gasteiger partial charge < -0.3 is 10.6 Å². The van der Waals surface area contributed by atoms with Crippen molar-refractivity contribution in [2.24, 2.45) is 15.0 Å². The van der Waals surface area contributed by atoms with Crippen molar-refractivity contribution in [3.05, 3.63) is 378 Å². The predicted molar refractivity (Wildman–Crippen MR) is 385 cm³/mol. The van der Waals surface area contributed by atoms with Crippen LogP contribution in [0.15, 0.2) is 349 Å². The molecular weight excluding hydrogens is 1160 g/mol. The molecule has 1 aromatic heterocycles. The van der Waals surface area contributed by atoms with Crippen LogP contribution < -0.4 is 16.0 Å². The zero-order valence-electron chi connectivity index (χ0n) is 52.2. The highest BCUT2D eigenvalue weighted by molar-refractivity contribution is 6.13. The Morgan fingerprint density at radius 1 is 0.316 bits per heavy atom. The maximum atomic E-state index is 5.50. The molecule has 3 aliphatic rings. The van der Waals surface area contributed by atoms with Crippen LogP contribution in [0.25, 0.3) is 67.3 Å². The normalized spacial score (nSPS) is 16.7. The molecule has 0 fully saturated rings. The van der Waals surface area contributed by atoms with Gasteiger partial charge in [-0.25, -0.2) is 29.8 Å². The van der Waals surface area contributed by atoms with Crippen molar-refractivity contribution in [1.82, 2.24) is 30.8 Å². The first-order chi connectivity index (χ1) is 47.0. The fourth-order valence-electron chi connectivity index (χ4n) is 13.1. The summed E-state index contributed by atoms with van der Waals surface area (Å²) >= 11 is 0. The Bertz CT molecular complexity index is 5020. The number of aromatic nitrogens is 2. The first kappa shape index (κ1) is 57.9. The average Bonchev–Trinajstić information content (AvgIpc) is 0.731. The van der Waals surface area contributed by atoms with E-state index in [1.807, 2.05) is 72.8 Å². The maximum Gasteiger partial charge on any atom is 0.291 e. The van der Waals surface area contributed by atoms with E-state index < -0.39 is 0 Å². The SMILES string of the molecule is CN1C(c2cccc(-c3cccc(C4N=C(c5ccccc5)N=C(c5ccccc5)N4)c3)c2)=[N+](c2ccccc2)C1c1cccc(-c2cccc(C3=NC(c4cccc(-c5cccc(-c6cc(-c7ccccc7)nc(-c7ccccc7)n6)c5)c4)NC(c4ccccc4)N3)c2)c1. The average molecular weight is 1230 g/mol. The van der Waals surface area contributed by atoms with Crippen LogP contribution in [0.1, 0.15) is 69.2 Å². The molecule has 4 unspecified atom stereocenters. The van der Waals surface area contributed by atoms with Crippen molar-refractivity contribution in [3.63, 3.8) is 0 Å². The van der Waals surface area contributed by atoms with Crippen molar-refractivity contribution in [3.8, 4) is 67.3 Å². The number of nitrogens with zero attached hydrogens (tertiary/aromatic N) is 7. The molecule has 4 heterocycles. The van der Waals surface area contributed by atoms with E-state index in [0.29, 0.717) is 11.7 Å². The fraction of sp³-hybridized carbons (Fsp3) is 0.0588. The summed E-state index contributed by atoms with van der Waals surface area (Å²) in [7, 11) is 2.21. The summed E-state index contributed by atoms with van der Waals surface area (Å²) in [5, 5.41) is 11.3. The second-order valence-electron chi connectivity index (χ2n) is 24.1. The Kier molecular flexibility index (Phi) is 15.7. The topological polar surface area (TPSA) is 105 Å². The molecule has 454 valence electrons. The van der Waals surface area contributed by atoms with Crippen molar-refractivity contribution >= 4 is 29.0 Å². The number of nitrogens with one attached hydrogen (secondary N) is 3. The van der Waals surface area contributed by atoms with Crippen molar-refractivity contribution in [1.29, 1.82) is 0 Å². The van der Waals surface area contributed by atoms with E-state index in [2.05, 4.69) is 293 Å². The highest BCUT2D eigenvalue weighted by atomic mass is 15.4. The minimum Gasteiger partial charge on any atom is -0.350 e. The molecule has 3 N–H and O–H groups in total. The van der Waals surface area contributed by atoms with Gasteiger partial charge in [0, 0.05) is 38.9 Å². The number of amidine groups is 4. The number of hydrogen-bond acceptors (Lipinski definition) is 9. The largest absolute Gasteiger partial charge is 0.350 e. The van der Waals surface area contributed by atoms with Gasteiger partial charge in [0.2, 0.25) is 0 Å². The molecule has 10 nitrogen and oxygen atoms in total. The van der Waals surface area contributed by atoms with Crippen molar-refractivity contribution < 1.29 is 4.58 Å². The van der Waals surface area contributed by atoms with Crippen LogP contribution in [-0.2, 0) is 0 Å². The van der Waals surface area contributed by atoms with Gasteiger partial charge in [0.1, 0.15) is 35.9 Å². The van der Waals surface area contributed by atoms with Crippen LogP contribution in [0.3, 0.4) is 0 Å². The zero-order chi connectivity index (χ0) is 63.4. The highest BCUT2D eigenvalue weighted by Gasteiger charge is 2.47. The van der Waals surface area contributed by atoms with E-state index in [4.69, 9.17) is 24.9 Å². The lowest BCUT2D eigenvalue weighted by Crippen LogP contribution is -2.52. The second kappa shape index (κ2) is 25.8. The minimum atomic E-state index is -0.365. The summed E-state index contributed by atoms with van der Waals surface area (Å²) in [6.07, 6.45) is -1.01. The first-order valence-electron chi connectivity index (χ1n) is 32.2. The molecule has 0 bridgehead atoms. The van der Waals surface area contributed by atoms with Crippen LogP contribution in [0.4, 0.5) is 5.69 Å². The second-order valence-corrected chi connectivity index (χ2v) is 24.1. The zero-order valence-corrected chi connectivity index (χ0v) is 52.2. The molecule has 10 heteroatoms. The minimum absolute atomic E-state index is 0.0783. The Balaban J connectivity index is 0.695. The highest BCUT2D eigenvalue weighted by Crippen LogP contribution is 2.41. The van der Waals surface area contributed by atoms with Crippen LogP contribution in [0.2, 0.25) is 0 Å². The smallest absolute Gasteiger partial charge is 0.291 e. The summed E-state index contributed by atoms with van der Waals surface area (Å²) in [5.41, 5.74) is 21.0. The van der Waals surface area contributed by atoms with Crippen LogP contribution in [0.5, 0.6) is 0 Å². The van der Waals surface area contributed by atoms with E-state index in [9.17, 15) is 0 Å². The van der Waals surface area contributed by atoms with Crippen molar-refractivity contribution in [2.75, 3.05) is 7.05 Å². The van der Waals surface area contributed by atoms with E-state index in [1.54, 1.807) is 0 Å². The van der Waals surface area contributed by atoms with Gasteiger partial charge in [-0.15, -0.1) is 0 Å².